The van der Waals surface area contributed by atoms with Gasteiger partial charge in [-0.1, -0.05) is 6.07 Å². The van der Waals surface area contributed by atoms with Crippen LogP contribution in [0.4, 0.5) is 10.8 Å². The third-order valence-electron chi connectivity index (χ3n) is 3.99. The lowest BCUT2D eigenvalue weighted by Gasteiger charge is -2.23. The number of aryl methyl sites for hydroxylation is 1. The van der Waals surface area contributed by atoms with E-state index in [1.807, 2.05) is 19.0 Å². The Morgan fingerprint density at radius 2 is 2.04 bits per heavy atom. The summed E-state index contributed by atoms with van der Waals surface area (Å²) >= 11 is 1.28. The minimum Gasteiger partial charge on any atom is -0.329 e. The first-order chi connectivity index (χ1) is 13.3. The van der Waals surface area contributed by atoms with Crippen LogP contribution in [0.1, 0.15) is 22.3 Å². The highest BCUT2D eigenvalue weighted by Gasteiger charge is 2.22. The van der Waals surface area contributed by atoms with E-state index in [9.17, 15) is 19.7 Å². The summed E-state index contributed by atoms with van der Waals surface area (Å²) in [6, 6.07) is 4.34. The number of carbonyl (C=O) groups excluding carboxylic acids is 2. The summed E-state index contributed by atoms with van der Waals surface area (Å²) in [6.45, 7) is 2.55. The predicted octanol–water partition coefficient (Wildman–Crippen LogP) is 2.39. The highest BCUT2D eigenvalue weighted by molar-refractivity contribution is 7.13. The van der Waals surface area contributed by atoms with Gasteiger partial charge in [0.15, 0.2) is 5.13 Å². The second-order valence-electron chi connectivity index (χ2n) is 6.53. The number of aromatic nitrogens is 1. The molecule has 10 heteroatoms. The molecule has 1 heterocycles. The van der Waals surface area contributed by atoms with Crippen molar-refractivity contribution in [1.29, 1.82) is 0 Å². The number of anilines is 1. The van der Waals surface area contributed by atoms with E-state index in [-0.39, 0.29) is 23.7 Å². The van der Waals surface area contributed by atoms with Crippen molar-refractivity contribution < 1.29 is 14.5 Å². The van der Waals surface area contributed by atoms with Crippen LogP contribution in [0.2, 0.25) is 0 Å². The molecule has 2 amide bonds. The van der Waals surface area contributed by atoms with Crippen LogP contribution in [0.25, 0.3) is 0 Å². The zero-order valence-electron chi connectivity index (χ0n) is 16.0. The molecule has 0 aliphatic rings. The summed E-state index contributed by atoms with van der Waals surface area (Å²) in [5, 5.41) is 16.0. The smallest absolute Gasteiger partial charge is 0.273 e. The van der Waals surface area contributed by atoms with E-state index in [0.29, 0.717) is 23.7 Å². The topological polar surface area (TPSA) is 109 Å². The van der Waals surface area contributed by atoms with Crippen LogP contribution < -0.4 is 5.32 Å². The molecule has 0 aliphatic heterocycles. The summed E-state index contributed by atoms with van der Waals surface area (Å²) in [4.78, 5) is 43.3. The lowest BCUT2D eigenvalue weighted by atomic mass is 10.1. The van der Waals surface area contributed by atoms with Gasteiger partial charge in [0.25, 0.3) is 11.6 Å². The van der Waals surface area contributed by atoms with Crippen molar-refractivity contribution in [3.63, 3.8) is 0 Å². The number of hydrogen-bond acceptors (Lipinski definition) is 7. The second kappa shape index (κ2) is 9.90. The van der Waals surface area contributed by atoms with Gasteiger partial charge in [-0.2, -0.15) is 0 Å². The Kier molecular flexibility index (Phi) is 7.59. The van der Waals surface area contributed by atoms with E-state index < -0.39 is 10.8 Å². The van der Waals surface area contributed by atoms with Crippen LogP contribution in [-0.2, 0) is 4.79 Å². The number of nitro groups is 1. The van der Waals surface area contributed by atoms with Gasteiger partial charge in [-0.15, -0.1) is 11.3 Å². The Morgan fingerprint density at radius 1 is 1.29 bits per heavy atom. The molecule has 0 spiro atoms. The highest BCUT2D eigenvalue weighted by atomic mass is 32.1. The average Bonchev–Trinajstić information content (AvgIpc) is 3.13. The number of nitrogens with one attached hydrogen (secondary N) is 1. The molecule has 2 aromatic rings. The quantitative estimate of drug-likeness (QED) is 0.507. The maximum atomic E-state index is 12.9. The molecule has 0 bridgehead atoms. The molecule has 0 radical (unpaired) electrons. The van der Waals surface area contributed by atoms with Gasteiger partial charge in [-0.05, 0) is 40.1 Å². The summed E-state index contributed by atoms with van der Waals surface area (Å²) < 4.78 is 0. The third kappa shape index (κ3) is 6.10. The standard InChI is InChI=1S/C18H23N5O4S/c1-13-5-6-14(11-15(13)23(26)27)17(25)22(9-4-8-21(2)3)12-16(24)20-18-19-7-10-28-18/h5-7,10-11H,4,8-9,12H2,1-3H3,(H,19,20,24). The normalized spacial score (nSPS) is 10.7. The molecule has 150 valence electrons. The van der Waals surface area contributed by atoms with Crippen LogP contribution in [0.5, 0.6) is 0 Å². The Labute approximate surface area is 167 Å². The lowest BCUT2D eigenvalue weighted by molar-refractivity contribution is -0.385. The molecule has 2 rings (SSSR count). The number of carbonyl (C=O) groups is 2. The van der Waals surface area contributed by atoms with E-state index in [1.54, 1.807) is 30.6 Å². The van der Waals surface area contributed by atoms with Crippen LogP contribution >= 0.6 is 11.3 Å². The molecule has 0 fully saturated rings. The maximum Gasteiger partial charge on any atom is 0.273 e. The van der Waals surface area contributed by atoms with Crippen LogP contribution in [0.15, 0.2) is 29.8 Å². The molecule has 0 aliphatic carbocycles. The number of benzene rings is 1. The van der Waals surface area contributed by atoms with Crippen LogP contribution in [-0.4, -0.2) is 65.3 Å². The van der Waals surface area contributed by atoms with Crippen molar-refractivity contribution >= 4 is 34.0 Å². The summed E-state index contributed by atoms with van der Waals surface area (Å²) in [5.74, 6) is -0.786. The van der Waals surface area contributed by atoms with Gasteiger partial charge in [0.2, 0.25) is 5.91 Å². The van der Waals surface area contributed by atoms with Crippen molar-refractivity contribution in [1.82, 2.24) is 14.8 Å². The number of hydrogen-bond donors (Lipinski definition) is 1. The fraction of sp³-hybridized carbons (Fsp3) is 0.389. The molecule has 1 aromatic heterocycles. The Hall–Kier alpha value is -2.85. The second-order valence-corrected chi connectivity index (χ2v) is 7.42. The minimum atomic E-state index is -0.516. The number of amides is 2. The first-order valence-electron chi connectivity index (χ1n) is 8.66. The number of thiazole rings is 1. The monoisotopic (exact) mass is 405 g/mol. The van der Waals surface area contributed by atoms with Gasteiger partial charge < -0.3 is 15.1 Å². The van der Waals surface area contributed by atoms with Crippen LogP contribution in [0.3, 0.4) is 0 Å². The SMILES string of the molecule is Cc1ccc(C(=O)N(CCCN(C)C)CC(=O)Nc2nccs2)cc1[N+](=O)[O-]. The molecular formula is C18H23N5O4S. The molecule has 9 nitrogen and oxygen atoms in total. The number of nitrogens with zero attached hydrogens (tertiary/aromatic N) is 4. The molecule has 0 atom stereocenters. The van der Waals surface area contributed by atoms with Crippen molar-refractivity contribution in [2.75, 3.05) is 39.0 Å². The molecule has 1 aromatic carbocycles. The Balaban J connectivity index is 2.17. The van der Waals surface area contributed by atoms with E-state index >= 15 is 0 Å². The summed E-state index contributed by atoms with van der Waals surface area (Å²) in [6.07, 6.45) is 2.24. The van der Waals surface area contributed by atoms with Crippen molar-refractivity contribution in [2.45, 2.75) is 13.3 Å². The molecular weight excluding hydrogens is 382 g/mol. The Morgan fingerprint density at radius 3 is 2.64 bits per heavy atom. The van der Waals surface area contributed by atoms with Crippen LogP contribution in [0, 0.1) is 17.0 Å². The average molecular weight is 405 g/mol. The minimum absolute atomic E-state index is 0.119. The zero-order chi connectivity index (χ0) is 20.7. The molecule has 1 N–H and O–H groups in total. The summed E-state index contributed by atoms with van der Waals surface area (Å²) in [7, 11) is 3.84. The molecule has 28 heavy (non-hydrogen) atoms. The van der Waals surface area contributed by atoms with Crippen molar-refractivity contribution in [3.8, 4) is 0 Å². The fourth-order valence-electron chi connectivity index (χ4n) is 2.57. The lowest BCUT2D eigenvalue weighted by Crippen LogP contribution is -2.39. The summed E-state index contributed by atoms with van der Waals surface area (Å²) in [5.41, 5.74) is 0.540. The van der Waals surface area contributed by atoms with Crippen molar-refractivity contribution in [2.24, 2.45) is 0 Å². The molecule has 0 saturated carbocycles. The zero-order valence-corrected chi connectivity index (χ0v) is 16.9. The van der Waals surface area contributed by atoms with E-state index in [0.717, 1.165) is 6.54 Å². The molecule has 0 saturated heterocycles. The largest absolute Gasteiger partial charge is 0.329 e. The third-order valence-corrected chi connectivity index (χ3v) is 4.68. The van der Waals surface area contributed by atoms with E-state index in [2.05, 4.69) is 10.3 Å². The number of nitro benzene ring substituents is 1. The van der Waals surface area contributed by atoms with Gasteiger partial charge in [0.05, 0.1) is 4.92 Å². The maximum absolute atomic E-state index is 12.9. The predicted molar refractivity (Wildman–Crippen MR) is 108 cm³/mol. The van der Waals surface area contributed by atoms with Gasteiger partial charge in [0, 0.05) is 35.3 Å². The fourth-order valence-corrected chi connectivity index (χ4v) is 3.11. The molecule has 0 unspecified atom stereocenters. The highest BCUT2D eigenvalue weighted by Crippen LogP contribution is 2.20. The first kappa shape index (κ1) is 21.5. The number of rotatable bonds is 9. The first-order valence-corrected chi connectivity index (χ1v) is 9.54. The van der Waals surface area contributed by atoms with Gasteiger partial charge in [-0.25, -0.2) is 4.98 Å². The van der Waals surface area contributed by atoms with Gasteiger partial charge in [0.1, 0.15) is 6.54 Å². The van der Waals surface area contributed by atoms with Crippen molar-refractivity contribution in [3.05, 3.63) is 51.0 Å². The van der Waals surface area contributed by atoms with E-state index in [1.165, 1.54) is 22.3 Å². The van der Waals surface area contributed by atoms with Gasteiger partial charge >= 0.3 is 0 Å². The van der Waals surface area contributed by atoms with E-state index in [4.69, 9.17) is 0 Å². The Bertz CT molecular complexity index is 839. The van der Waals surface area contributed by atoms with Gasteiger partial charge in [-0.3, -0.25) is 19.7 Å².